The summed E-state index contributed by atoms with van der Waals surface area (Å²) < 4.78 is 5.31. The van der Waals surface area contributed by atoms with Gasteiger partial charge >= 0.3 is 0 Å². The van der Waals surface area contributed by atoms with Crippen molar-refractivity contribution in [3.63, 3.8) is 0 Å². The molecule has 0 aliphatic carbocycles. The molecule has 2 N–H and O–H groups in total. The van der Waals surface area contributed by atoms with Gasteiger partial charge in [-0.3, -0.25) is 4.79 Å². The maximum atomic E-state index is 12.1. The number of hydrogen-bond donors (Lipinski definition) is 2. The molecule has 0 saturated carbocycles. The molecule has 0 unspecified atom stereocenters. The lowest BCUT2D eigenvalue weighted by molar-refractivity contribution is 0.0827. The quantitative estimate of drug-likeness (QED) is 0.315. The van der Waals surface area contributed by atoms with Crippen molar-refractivity contribution in [1.82, 2.24) is 15.5 Å². The van der Waals surface area contributed by atoms with Gasteiger partial charge in [0.15, 0.2) is 5.96 Å². The molecule has 0 aromatic heterocycles. The van der Waals surface area contributed by atoms with Crippen LogP contribution in [0.5, 0.6) is 5.75 Å². The zero-order chi connectivity index (χ0) is 21.2. The first kappa shape index (κ1) is 25.7. The number of nitrogens with zero attached hydrogens (tertiary/aromatic N) is 2. The van der Waals surface area contributed by atoms with Gasteiger partial charge in [-0.2, -0.15) is 0 Å². The zero-order valence-electron chi connectivity index (χ0n) is 18.5. The molecule has 0 atom stereocenters. The van der Waals surface area contributed by atoms with Crippen LogP contribution in [0.3, 0.4) is 0 Å². The lowest BCUT2D eigenvalue weighted by Gasteiger charge is -2.13. The van der Waals surface area contributed by atoms with Crippen LogP contribution in [0.15, 0.2) is 47.5 Å². The number of methoxy groups -OCH3 is 1. The first-order valence-corrected chi connectivity index (χ1v) is 9.91. The van der Waals surface area contributed by atoms with E-state index < -0.39 is 0 Å². The number of halogens is 1. The molecule has 6 nitrogen and oxygen atoms in total. The van der Waals surface area contributed by atoms with E-state index in [9.17, 15) is 4.79 Å². The van der Waals surface area contributed by atoms with Crippen molar-refractivity contribution in [1.29, 1.82) is 0 Å². The minimum absolute atomic E-state index is 0. The predicted octanol–water partition coefficient (Wildman–Crippen LogP) is 3.62. The SMILES string of the molecule is CCNC(=NCc1ccc(OC)c(C)c1)NCCc1cccc(C(=O)N(C)C)c1.I. The zero-order valence-corrected chi connectivity index (χ0v) is 20.8. The van der Waals surface area contributed by atoms with Crippen molar-refractivity contribution >= 4 is 35.8 Å². The van der Waals surface area contributed by atoms with E-state index in [1.54, 1.807) is 26.1 Å². The number of nitrogens with one attached hydrogen (secondary N) is 2. The first-order chi connectivity index (χ1) is 13.9. The van der Waals surface area contributed by atoms with Gasteiger partial charge in [0.05, 0.1) is 13.7 Å². The van der Waals surface area contributed by atoms with Crippen molar-refractivity contribution in [3.05, 3.63) is 64.7 Å². The number of amides is 1. The fourth-order valence-electron chi connectivity index (χ4n) is 2.99. The number of hydrogen-bond acceptors (Lipinski definition) is 3. The number of aryl methyl sites for hydroxylation is 1. The standard InChI is InChI=1S/C23H32N4O2.HI/c1-6-24-23(26-16-19-10-11-21(29-5)17(2)14-19)25-13-12-18-8-7-9-20(15-18)22(28)27(3)4;/h7-11,14-15H,6,12-13,16H2,1-5H3,(H2,24,25,26);1H. The average Bonchev–Trinajstić information content (AvgIpc) is 2.71. The molecule has 0 aliphatic rings. The van der Waals surface area contributed by atoms with E-state index in [-0.39, 0.29) is 29.9 Å². The highest BCUT2D eigenvalue weighted by Crippen LogP contribution is 2.18. The topological polar surface area (TPSA) is 66.0 Å². The summed E-state index contributed by atoms with van der Waals surface area (Å²) in [7, 11) is 5.21. The molecule has 0 aliphatic heterocycles. The van der Waals surface area contributed by atoms with E-state index in [0.29, 0.717) is 12.1 Å². The molecular weight excluding hydrogens is 491 g/mol. The highest BCUT2D eigenvalue weighted by atomic mass is 127. The van der Waals surface area contributed by atoms with Crippen molar-refractivity contribution < 1.29 is 9.53 Å². The highest BCUT2D eigenvalue weighted by molar-refractivity contribution is 14.0. The van der Waals surface area contributed by atoms with Crippen LogP contribution in [0.25, 0.3) is 0 Å². The Morgan fingerprint density at radius 3 is 2.50 bits per heavy atom. The second-order valence-corrected chi connectivity index (χ2v) is 7.08. The van der Waals surface area contributed by atoms with Crippen LogP contribution in [0.4, 0.5) is 0 Å². The van der Waals surface area contributed by atoms with E-state index in [4.69, 9.17) is 4.74 Å². The second-order valence-electron chi connectivity index (χ2n) is 7.08. The van der Waals surface area contributed by atoms with Crippen molar-refractivity contribution in [2.75, 3.05) is 34.3 Å². The summed E-state index contributed by atoms with van der Waals surface area (Å²) in [5.41, 5.74) is 4.07. The van der Waals surface area contributed by atoms with Crippen LogP contribution >= 0.6 is 24.0 Å². The van der Waals surface area contributed by atoms with Gasteiger partial charge in [0.1, 0.15) is 5.75 Å². The maximum Gasteiger partial charge on any atom is 0.253 e. The van der Waals surface area contributed by atoms with E-state index in [0.717, 1.165) is 47.9 Å². The summed E-state index contributed by atoms with van der Waals surface area (Å²) in [6.07, 6.45) is 0.806. The van der Waals surface area contributed by atoms with E-state index in [1.807, 2.05) is 50.2 Å². The molecule has 2 aromatic carbocycles. The van der Waals surface area contributed by atoms with Crippen LogP contribution in [0.2, 0.25) is 0 Å². The first-order valence-electron chi connectivity index (χ1n) is 9.91. The fourth-order valence-corrected chi connectivity index (χ4v) is 2.99. The number of aliphatic imine (C=N–C) groups is 1. The predicted molar refractivity (Wildman–Crippen MR) is 134 cm³/mol. The molecule has 0 saturated heterocycles. The van der Waals surface area contributed by atoms with Crippen LogP contribution in [-0.4, -0.2) is 51.1 Å². The Morgan fingerprint density at radius 2 is 1.87 bits per heavy atom. The molecule has 164 valence electrons. The average molecular weight is 524 g/mol. The number of carbonyl (C=O) groups is 1. The second kappa shape index (κ2) is 13.1. The molecular formula is C23H33IN4O2. The third-order valence-corrected chi connectivity index (χ3v) is 4.51. The van der Waals surface area contributed by atoms with E-state index >= 15 is 0 Å². The number of guanidine groups is 1. The Bertz CT molecular complexity index is 853. The Hall–Kier alpha value is -2.29. The Morgan fingerprint density at radius 1 is 1.10 bits per heavy atom. The smallest absolute Gasteiger partial charge is 0.253 e. The number of rotatable bonds is 8. The Kier molecular flexibility index (Phi) is 11.2. The fraction of sp³-hybridized carbons (Fsp3) is 0.391. The summed E-state index contributed by atoms with van der Waals surface area (Å²) in [6.45, 7) is 6.19. The highest BCUT2D eigenvalue weighted by Gasteiger charge is 2.08. The summed E-state index contributed by atoms with van der Waals surface area (Å²) in [5.74, 6) is 1.68. The van der Waals surface area contributed by atoms with E-state index in [1.165, 1.54) is 0 Å². The number of benzene rings is 2. The monoisotopic (exact) mass is 524 g/mol. The van der Waals surface area contributed by atoms with Gasteiger partial charge in [-0.15, -0.1) is 24.0 Å². The lowest BCUT2D eigenvalue weighted by Crippen LogP contribution is -2.38. The molecule has 0 heterocycles. The molecule has 30 heavy (non-hydrogen) atoms. The van der Waals surface area contributed by atoms with Gasteiger partial charge in [0.2, 0.25) is 0 Å². The molecule has 2 rings (SSSR count). The van der Waals surface area contributed by atoms with Gasteiger partial charge in [0.25, 0.3) is 5.91 Å². The molecule has 0 fully saturated rings. The molecule has 7 heteroatoms. The Balaban J connectivity index is 0.00000450. The maximum absolute atomic E-state index is 12.1. The minimum Gasteiger partial charge on any atom is -0.496 e. The Labute approximate surface area is 197 Å². The number of carbonyl (C=O) groups excluding carboxylic acids is 1. The molecule has 0 spiro atoms. The van der Waals surface area contributed by atoms with Gasteiger partial charge < -0.3 is 20.3 Å². The van der Waals surface area contributed by atoms with Gasteiger partial charge in [-0.1, -0.05) is 24.3 Å². The van der Waals surface area contributed by atoms with Crippen LogP contribution in [-0.2, 0) is 13.0 Å². The van der Waals surface area contributed by atoms with Gasteiger partial charge in [-0.25, -0.2) is 4.99 Å². The molecule has 0 bridgehead atoms. The normalized spacial score (nSPS) is 10.8. The molecule has 1 amide bonds. The van der Waals surface area contributed by atoms with Crippen molar-refractivity contribution in [2.24, 2.45) is 4.99 Å². The van der Waals surface area contributed by atoms with Gasteiger partial charge in [0, 0.05) is 32.7 Å². The minimum atomic E-state index is 0. The third kappa shape index (κ3) is 7.85. The van der Waals surface area contributed by atoms with Crippen LogP contribution in [0, 0.1) is 6.92 Å². The summed E-state index contributed by atoms with van der Waals surface area (Å²) in [5, 5.41) is 6.64. The lowest BCUT2D eigenvalue weighted by atomic mass is 10.1. The third-order valence-electron chi connectivity index (χ3n) is 4.51. The van der Waals surface area contributed by atoms with Gasteiger partial charge in [-0.05, 0) is 55.2 Å². The summed E-state index contributed by atoms with van der Waals surface area (Å²) in [6, 6.07) is 13.9. The summed E-state index contributed by atoms with van der Waals surface area (Å²) in [4.78, 5) is 18.4. The van der Waals surface area contributed by atoms with Crippen LogP contribution in [0.1, 0.15) is 34.0 Å². The van der Waals surface area contributed by atoms with Crippen molar-refractivity contribution in [3.8, 4) is 5.75 Å². The largest absolute Gasteiger partial charge is 0.496 e. The number of ether oxygens (including phenoxy) is 1. The van der Waals surface area contributed by atoms with Crippen molar-refractivity contribution in [2.45, 2.75) is 26.8 Å². The molecule has 0 radical (unpaired) electrons. The molecule has 2 aromatic rings. The van der Waals surface area contributed by atoms with Crippen LogP contribution < -0.4 is 15.4 Å². The summed E-state index contributed by atoms with van der Waals surface area (Å²) >= 11 is 0. The van der Waals surface area contributed by atoms with E-state index in [2.05, 4.69) is 21.7 Å².